The molecule has 0 spiro atoms. The van der Waals surface area contributed by atoms with Crippen molar-refractivity contribution in [3.63, 3.8) is 0 Å². The maximum absolute atomic E-state index is 6.72. The third-order valence-corrected chi connectivity index (χ3v) is 11.2. The molecule has 7 aromatic carbocycles. The molecule has 12 rings (SSSR count). The van der Waals surface area contributed by atoms with Crippen molar-refractivity contribution in [2.75, 3.05) is 0 Å². The monoisotopic (exact) mass is 859 g/mol. The van der Waals surface area contributed by atoms with Gasteiger partial charge in [-0.1, -0.05) is 185 Å². The zero-order valence-electron chi connectivity index (χ0n) is 31.9. The molecule has 0 amide bonds. The molecule has 0 aliphatic rings. The first-order valence-electron chi connectivity index (χ1n) is 19.6. The van der Waals surface area contributed by atoms with Gasteiger partial charge in [0.25, 0.3) is 0 Å². The van der Waals surface area contributed by atoms with Gasteiger partial charge < -0.3 is 13.5 Å². The minimum atomic E-state index is 0. The number of rotatable bonds is 6. The van der Waals surface area contributed by atoms with Crippen LogP contribution in [-0.4, -0.2) is 23.8 Å². The van der Waals surface area contributed by atoms with Crippen molar-refractivity contribution in [1.29, 1.82) is 0 Å². The van der Waals surface area contributed by atoms with Crippen LogP contribution >= 0.6 is 0 Å². The van der Waals surface area contributed by atoms with Crippen LogP contribution in [0, 0.1) is 12.1 Å². The van der Waals surface area contributed by atoms with Crippen LogP contribution in [0.3, 0.4) is 0 Å². The fourth-order valence-electron chi connectivity index (χ4n) is 8.61. The fraction of sp³-hybridized carbons (Fsp3) is 0. The van der Waals surface area contributed by atoms with Crippen LogP contribution in [0.25, 0.3) is 99.8 Å². The summed E-state index contributed by atoms with van der Waals surface area (Å²) in [5, 5.41) is 4.78. The molecule has 0 saturated carbocycles. The average molecular weight is 860 g/mol. The number of nitrogens with zero attached hydrogens (tertiary/aromatic N) is 5. The van der Waals surface area contributed by atoms with Gasteiger partial charge in [0.2, 0.25) is 0 Å². The third kappa shape index (κ3) is 5.63. The van der Waals surface area contributed by atoms with Crippen molar-refractivity contribution in [2.45, 2.75) is 0 Å². The molecule has 284 valence electrons. The molecule has 6 nitrogen and oxygen atoms in total. The van der Waals surface area contributed by atoms with Crippen molar-refractivity contribution in [2.24, 2.45) is 0 Å². The average Bonchev–Trinajstić information content (AvgIpc) is 3.92. The molecule has 0 aliphatic carbocycles. The first-order chi connectivity index (χ1) is 29.3. The second kappa shape index (κ2) is 14.4. The number of ether oxygens (including phenoxy) is 1. The third-order valence-electron chi connectivity index (χ3n) is 11.2. The van der Waals surface area contributed by atoms with Crippen LogP contribution in [0.5, 0.6) is 11.5 Å². The number of aromatic nitrogens is 5. The Morgan fingerprint density at radius 1 is 0.400 bits per heavy atom. The van der Waals surface area contributed by atoms with Crippen molar-refractivity contribution in [3.8, 4) is 56.5 Å². The summed E-state index contributed by atoms with van der Waals surface area (Å²) in [6, 6.07) is 69.7. The summed E-state index contributed by atoms with van der Waals surface area (Å²) in [6.07, 6.45) is 1.84. The summed E-state index contributed by atoms with van der Waals surface area (Å²) in [7, 11) is 0. The minimum absolute atomic E-state index is 0. The predicted octanol–water partition coefficient (Wildman–Crippen LogP) is 13.0. The fourth-order valence-corrected chi connectivity index (χ4v) is 8.61. The Hall–Kier alpha value is -7.43. The standard InChI is InChI=1S/C53H31N5O.Pd/c1-5-16-34(17-6-1)47-50(36-20-9-3-10-21-36)57-45-25-14-13-24-41(45)40-29-27-38(32-43(40)52(57)55-47)59-39-28-30-42-44(33-39)53-56-48(35-18-7-2-8-19-35)51(37-22-11-4-12-23-37)58(53)46-26-15-31-54-49(42)46;/h1-31H;/q-2;+2. The van der Waals surface area contributed by atoms with Crippen LogP contribution in [0.1, 0.15) is 0 Å². The van der Waals surface area contributed by atoms with E-state index in [-0.39, 0.29) is 20.4 Å². The van der Waals surface area contributed by atoms with Crippen LogP contribution in [-0.2, 0) is 20.4 Å². The van der Waals surface area contributed by atoms with E-state index in [0.29, 0.717) is 11.5 Å². The number of hydrogen-bond donors (Lipinski definition) is 0. The number of pyridine rings is 3. The summed E-state index contributed by atoms with van der Waals surface area (Å²) in [5.74, 6) is 1.11. The van der Waals surface area contributed by atoms with E-state index in [1.165, 1.54) is 0 Å². The summed E-state index contributed by atoms with van der Waals surface area (Å²) in [6.45, 7) is 0. The maximum Gasteiger partial charge on any atom is 2.00 e. The van der Waals surface area contributed by atoms with Gasteiger partial charge in [0, 0.05) is 34.3 Å². The largest absolute Gasteiger partial charge is 2.00 e. The quantitative estimate of drug-likeness (QED) is 0.0949. The molecule has 0 atom stereocenters. The van der Waals surface area contributed by atoms with Gasteiger partial charge >= 0.3 is 20.4 Å². The van der Waals surface area contributed by atoms with Gasteiger partial charge in [0.05, 0.1) is 45.1 Å². The van der Waals surface area contributed by atoms with E-state index in [1.807, 2.05) is 48.7 Å². The second-order valence-corrected chi connectivity index (χ2v) is 14.6. The summed E-state index contributed by atoms with van der Waals surface area (Å²) in [5.41, 5.74) is 12.5. The first kappa shape index (κ1) is 35.7. The summed E-state index contributed by atoms with van der Waals surface area (Å²) >= 11 is 0. The molecule has 0 unspecified atom stereocenters. The first-order valence-corrected chi connectivity index (χ1v) is 19.6. The van der Waals surface area contributed by atoms with Crippen LogP contribution in [0.15, 0.2) is 188 Å². The van der Waals surface area contributed by atoms with E-state index >= 15 is 0 Å². The topological polar surface area (TPSA) is 56.7 Å². The van der Waals surface area contributed by atoms with E-state index in [4.69, 9.17) is 19.7 Å². The van der Waals surface area contributed by atoms with Crippen LogP contribution in [0.2, 0.25) is 0 Å². The van der Waals surface area contributed by atoms with Crippen LogP contribution in [0.4, 0.5) is 0 Å². The molecule has 7 heteroatoms. The van der Waals surface area contributed by atoms with E-state index in [2.05, 4.69) is 160 Å². The zero-order chi connectivity index (χ0) is 38.9. The molecule has 0 fully saturated rings. The van der Waals surface area contributed by atoms with Crippen molar-refractivity contribution < 1.29 is 25.2 Å². The van der Waals surface area contributed by atoms with Crippen molar-refractivity contribution >= 4 is 54.8 Å². The summed E-state index contributed by atoms with van der Waals surface area (Å²) in [4.78, 5) is 15.7. The predicted molar refractivity (Wildman–Crippen MR) is 238 cm³/mol. The van der Waals surface area contributed by atoms with E-state index in [9.17, 15) is 0 Å². The zero-order valence-corrected chi connectivity index (χ0v) is 33.4. The summed E-state index contributed by atoms with van der Waals surface area (Å²) < 4.78 is 11.2. The van der Waals surface area contributed by atoms with Gasteiger partial charge in [0.15, 0.2) is 0 Å². The maximum atomic E-state index is 6.72. The van der Waals surface area contributed by atoms with Gasteiger partial charge in [0.1, 0.15) is 0 Å². The van der Waals surface area contributed by atoms with E-state index < -0.39 is 0 Å². The minimum Gasteiger partial charge on any atom is -0.497 e. The van der Waals surface area contributed by atoms with Gasteiger partial charge in [-0.2, -0.15) is 0 Å². The molecule has 0 radical (unpaired) electrons. The Balaban J connectivity index is 0.00000408. The molecule has 12 aromatic rings. The van der Waals surface area contributed by atoms with E-state index in [1.54, 1.807) is 0 Å². The van der Waals surface area contributed by atoms with E-state index in [0.717, 1.165) is 99.8 Å². The van der Waals surface area contributed by atoms with Gasteiger partial charge in [-0.15, -0.1) is 12.1 Å². The molecular weight excluding hydrogens is 829 g/mol. The molecule has 0 bridgehead atoms. The molecule has 5 aromatic heterocycles. The second-order valence-electron chi connectivity index (χ2n) is 14.6. The smallest absolute Gasteiger partial charge is 0.497 e. The molecule has 5 heterocycles. The number of fused-ring (bicyclic) bond motifs is 12. The molecule has 0 aliphatic heterocycles. The van der Waals surface area contributed by atoms with Crippen LogP contribution < -0.4 is 4.74 Å². The SMILES string of the molecule is [Pd+2].[c-]1c(Oc2[c-]c3c(cc2)c2ncccc2n2c(-c4ccccc4)c(-c4ccccc4)nc32)ccc2c1c1nc(-c3ccccc3)c(-c3ccccc3)n1c1ccccc21. The molecule has 0 saturated heterocycles. The number of para-hydroxylation sites is 1. The number of imidazole rings is 2. The Morgan fingerprint density at radius 3 is 1.42 bits per heavy atom. The Labute approximate surface area is 358 Å². The molecular formula is C53H31N5OPd. The van der Waals surface area contributed by atoms with Gasteiger partial charge in [-0.3, -0.25) is 15.0 Å². The van der Waals surface area contributed by atoms with Crippen molar-refractivity contribution in [1.82, 2.24) is 23.8 Å². The Morgan fingerprint density at radius 2 is 0.850 bits per heavy atom. The molecule has 60 heavy (non-hydrogen) atoms. The number of hydrogen-bond acceptors (Lipinski definition) is 4. The van der Waals surface area contributed by atoms with Gasteiger partial charge in [-0.05, 0) is 34.7 Å². The molecule has 0 N–H and O–H groups in total. The number of benzene rings is 7. The van der Waals surface area contributed by atoms with Crippen molar-refractivity contribution in [3.05, 3.63) is 200 Å². The Bertz CT molecular complexity index is 3330. The normalized spacial score (nSPS) is 11.5. The Kier molecular flexibility index (Phi) is 8.60. The van der Waals surface area contributed by atoms with Gasteiger partial charge in [-0.25, -0.2) is 0 Å².